The molecule has 2 fully saturated rings. The number of carbonyl (C=O) groups excluding carboxylic acids is 1. The van der Waals surface area contributed by atoms with Gasteiger partial charge in [0.05, 0.1) is 5.41 Å². The Balaban J connectivity index is 1.54. The molecule has 0 N–H and O–H groups in total. The van der Waals surface area contributed by atoms with Gasteiger partial charge in [0.1, 0.15) is 11.5 Å². The number of rotatable bonds is 3. The Labute approximate surface area is 138 Å². The van der Waals surface area contributed by atoms with E-state index in [9.17, 15) is 18.1 Å². The summed E-state index contributed by atoms with van der Waals surface area (Å²) in [5, 5.41) is 0. The Bertz CT molecular complexity index is 594. The second-order valence-electron chi connectivity index (χ2n) is 6.91. The normalized spacial score (nSPS) is 22.0. The number of halogens is 2. The third-order valence-corrected chi connectivity index (χ3v) is 6.89. The molecule has 0 bridgehead atoms. The maximum atomic E-state index is 13.3. The minimum absolute atomic E-state index is 0.0602. The Hall–Kier alpha value is -1.14. The van der Waals surface area contributed by atoms with E-state index in [1.165, 1.54) is 6.07 Å². The van der Waals surface area contributed by atoms with Gasteiger partial charge in [-0.25, -0.2) is 8.78 Å². The number of amides is 1. The Morgan fingerprint density at radius 2 is 1.96 bits per heavy atom. The molecule has 1 aromatic carbocycles. The van der Waals surface area contributed by atoms with Crippen molar-refractivity contribution in [1.82, 2.24) is 4.90 Å². The Kier molecular flexibility index (Phi) is 4.65. The SMILES string of the molecule is CC(Cc1ccc(F)c(F)c1)C(=O)N1CCC2(CC1)C[S+]([O-])C2. The summed E-state index contributed by atoms with van der Waals surface area (Å²) >= 11 is -0.660. The molecule has 1 atom stereocenters. The summed E-state index contributed by atoms with van der Waals surface area (Å²) in [6.07, 6.45) is 2.24. The lowest BCUT2D eigenvalue weighted by Crippen LogP contribution is -2.56. The van der Waals surface area contributed by atoms with Crippen LogP contribution in [0, 0.1) is 23.0 Å². The Morgan fingerprint density at radius 3 is 2.52 bits per heavy atom. The van der Waals surface area contributed by atoms with Crippen molar-refractivity contribution in [3.8, 4) is 0 Å². The highest BCUT2D eigenvalue weighted by molar-refractivity contribution is 7.92. The van der Waals surface area contributed by atoms with Crippen molar-refractivity contribution in [2.24, 2.45) is 11.3 Å². The van der Waals surface area contributed by atoms with E-state index in [2.05, 4.69) is 0 Å². The molecule has 126 valence electrons. The molecule has 1 spiro atoms. The van der Waals surface area contributed by atoms with E-state index in [1.807, 2.05) is 11.8 Å². The average Bonchev–Trinajstić information content (AvgIpc) is 2.50. The van der Waals surface area contributed by atoms with Crippen molar-refractivity contribution < 1.29 is 18.1 Å². The van der Waals surface area contributed by atoms with E-state index in [1.54, 1.807) is 0 Å². The first-order valence-electron chi connectivity index (χ1n) is 7.96. The molecular formula is C17H21F2NO2S. The zero-order valence-corrected chi connectivity index (χ0v) is 14.0. The van der Waals surface area contributed by atoms with Crippen molar-refractivity contribution in [1.29, 1.82) is 0 Å². The summed E-state index contributed by atoms with van der Waals surface area (Å²) in [6.45, 7) is 3.24. The Morgan fingerprint density at radius 1 is 1.30 bits per heavy atom. The summed E-state index contributed by atoms with van der Waals surface area (Å²) in [5.41, 5.74) is 0.831. The lowest BCUT2D eigenvalue weighted by Gasteiger charge is -2.47. The fourth-order valence-electron chi connectivity index (χ4n) is 3.55. The number of likely N-dealkylation sites (tertiary alicyclic amines) is 1. The lowest BCUT2D eigenvalue weighted by molar-refractivity contribution is -0.137. The number of benzene rings is 1. The minimum atomic E-state index is -0.875. The molecule has 0 saturated carbocycles. The molecule has 0 radical (unpaired) electrons. The number of carbonyl (C=O) groups is 1. The van der Waals surface area contributed by atoms with E-state index in [0.29, 0.717) is 25.1 Å². The molecular weight excluding hydrogens is 320 g/mol. The molecule has 2 saturated heterocycles. The summed E-state index contributed by atoms with van der Waals surface area (Å²) in [5.74, 6) is -0.389. The molecule has 3 rings (SSSR count). The number of piperidine rings is 1. The van der Waals surface area contributed by atoms with Crippen LogP contribution in [0.2, 0.25) is 0 Å². The van der Waals surface area contributed by atoms with Gasteiger partial charge in [0.15, 0.2) is 11.6 Å². The van der Waals surface area contributed by atoms with Crippen molar-refractivity contribution in [3.63, 3.8) is 0 Å². The smallest absolute Gasteiger partial charge is 0.225 e. The fraction of sp³-hybridized carbons (Fsp3) is 0.588. The van der Waals surface area contributed by atoms with Crippen LogP contribution < -0.4 is 0 Å². The van der Waals surface area contributed by atoms with E-state index in [0.717, 1.165) is 36.5 Å². The third-order valence-electron chi connectivity index (χ3n) is 5.02. The second-order valence-corrected chi connectivity index (χ2v) is 8.36. The second kappa shape index (κ2) is 6.40. The zero-order valence-electron chi connectivity index (χ0n) is 13.2. The number of hydrogen-bond donors (Lipinski definition) is 0. The maximum Gasteiger partial charge on any atom is 0.225 e. The molecule has 0 aromatic heterocycles. The largest absolute Gasteiger partial charge is 0.616 e. The molecule has 2 heterocycles. The predicted molar refractivity (Wildman–Crippen MR) is 85.3 cm³/mol. The van der Waals surface area contributed by atoms with Crippen LogP contribution in [0.25, 0.3) is 0 Å². The topological polar surface area (TPSA) is 43.4 Å². The standard InChI is InChI=1S/C17H21F2NO2S/c1-12(8-13-2-3-14(18)15(19)9-13)16(21)20-6-4-17(5-7-20)10-23(22)11-17/h2-3,9,12H,4-8,10-11H2,1H3. The molecule has 6 heteroatoms. The molecule has 23 heavy (non-hydrogen) atoms. The van der Waals surface area contributed by atoms with Crippen molar-refractivity contribution in [2.75, 3.05) is 24.6 Å². The van der Waals surface area contributed by atoms with Crippen molar-refractivity contribution in [2.45, 2.75) is 26.2 Å². The van der Waals surface area contributed by atoms with Gasteiger partial charge in [-0.15, -0.1) is 0 Å². The van der Waals surface area contributed by atoms with Crippen LogP contribution in [0.3, 0.4) is 0 Å². The number of nitrogens with zero attached hydrogens (tertiary/aromatic N) is 1. The quantitative estimate of drug-likeness (QED) is 0.793. The first-order valence-corrected chi connectivity index (χ1v) is 9.45. The van der Waals surface area contributed by atoms with Gasteiger partial charge in [-0.3, -0.25) is 4.79 Å². The van der Waals surface area contributed by atoms with E-state index in [4.69, 9.17) is 0 Å². The fourth-order valence-corrected chi connectivity index (χ4v) is 5.41. The summed E-state index contributed by atoms with van der Waals surface area (Å²) in [6, 6.07) is 3.79. The van der Waals surface area contributed by atoms with Crippen LogP contribution in [0.5, 0.6) is 0 Å². The van der Waals surface area contributed by atoms with Gasteiger partial charge >= 0.3 is 0 Å². The van der Waals surface area contributed by atoms with Crippen LogP contribution in [0.1, 0.15) is 25.3 Å². The molecule has 2 aliphatic rings. The average molecular weight is 341 g/mol. The predicted octanol–water partition coefficient (Wildman–Crippen LogP) is 2.51. The highest BCUT2D eigenvalue weighted by Gasteiger charge is 2.50. The van der Waals surface area contributed by atoms with Gasteiger partial charge in [-0.1, -0.05) is 24.2 Å². The van der Waals surface area contributed by atoms with Crippen molar-refractivity contribution in [3.05, 3.63) is 35.4 Å². The molecule has 3 nitrogen and oxygen atoms in total. The van der Waals surface area contributed by atoms with Crippen LogP contribution >= 0.6 is 0 Å². The summed E-state index contributed by atoms with van der Waals surface area (Å²) in [7, 11) is 0. The van der Waals surface area contributed by atoms with Crippen LogP contribution in [0.4, 0.5) is 8.78 Å². The molecule has 1 unspecified atom stereocenters. The minimum Gasteiger partial charge on any atom is -0.616 e. The molecule has 2 aliphatic heterocycles. The van der Waals surface area contributed by atoms with Gasteiger partial charge in [0.25, 0.3) is 0 Å². The first-order chi connectivity index (χ1) is 10.9. The van der Waals surface area contributed by atoms with E-state index < -0.39 is 22.8 Å². The highest BCUT2D eigenvalue weighted by atomic mass is 32.2. The molecule has 1 aromatic rings. The van der Waals surface area contributed by atoms with Gasteiger partial charge in [0, 0.05) is 19.0 Å². The van der Waals surface area contributed by atoms with E-state index in [-0.39, 0.29) is 17.2 Å². The summed E-state index contributed by atoms with van der Waals surface area (Å²) < 4.78 is 37.5. The van der Waals surface area contributed by atoms with Crippen LogP contribution in [-0.4, -0.2) is 40.0 Å². The number of hydrogen-bond acceptors (Lipinski definition) is 2. The molecule has 0 aliphatic carbocycles. The van der Waals surface area contributed by atoms with Crippen molar-refractivity contribution >= 4 is 17.1 Å². The van der Waals surface area contributed by atoms with Gasteiger partial charge in [-0.2, -0.15) is 0 Å². The van der Waals surface area contributed by atoms with Crippen LogP contribution in [0.15, 0.2) is 18.2 Å². The zero-order chi connectivity index (χ0) is 16.6. The van der Waals surface area contributed by atoms with Gasteiger partial charge in [0.2, 0.25) is 5.91 Å². The third kappa shape index (κ3) is 3.53. The first kappa shape index (κ1) is 16.7. The van der Waals surface area contributed by atoms with Gasteiger partial charge < -0.3 is 9.45 Å². The maximum absolute atomic E-state index is 13.3. The summed E-state index contributed by atoms with van der Waals surface area (Å²) in [4.78, 5) is 14.4. The van der Waals surface area contributed by atoms with Crippen LogP contribution in [-0.2, 0) is 22.4 Å². The van der Waals surface area contributed by atoms with Gasteiger partial charge in [-0.05, 0) is 37.0 Å². The van der Waals surface area contributed by atoms with E-state index >= 15 is 0 Å². The lowest BCUT2D eigenvalue weighted by atomic mass is 9.81. The monoisotopic (exact) mass is 341 g/mol. The highest BCUT2D eigenvalue weighted by Crippen LogP contribution is 2.42. The molecule has 1 amide bonds.